The van der Waals surface area contributed by atoms with Gasteiger partial charge >= 0.3 is 12.1 Å². The first-order chi connectivity index (χ1) is 5.82. The van der Waals surface area contributed by atoms with Gasteiger partial charge in [0.25, 0.3) is 0 Å². The fourth-order valence-electron chi connectivity index (χ4n) is 1.42. The molecule has 0 aromatic rings. The van der Waals surface area contributed by atoms with Crippen LogP contribution in [-0.2, 0) is 9.53 Å². The van der Waals surface area contributed by atoms with Crippen molar-refractivity contribution in [3.63, 3.8) is 0 Å². The van der Waals surface area contributed by atoms with Gasteiger partial charge in [0.05, 0.1) is 5.92 Å². The van der Waals surface area contributed by atoms with Crippen LogP contribution in [0.1, 0.15) is 12.8 Å². The Labute approximate surface area is 72.5 Å². The summed E-state index contributed by atoms with van der Waals surface area (Å²) >= 11 is 0. The zero-order valence-electron chi connectivity index (χ0n) is 6.89. The lowest BCUT2D eigenvalue weighted by Crippen LogP contribution is -2.58. The van der Waals surface area contributed by atoms with Gasteiger partial charge in [-0.15, -0.1) is 0 Å². The predicted octanol–water partition coefficient (Wildman–Crippen LogP) is 1.43. The van der Waals surface area contributed by atoms with Crippen molar-refractivity contribution in [1.29, 1.82) is 0 Å². The Morgan fingerprint density at radius 2 is 2.00 bits per heavy atom. The first kappa shape index (κ1) is 10.3. The zero-order valence-corrected chi connectivity index (χ0v) is 6.89. The molecule has 0 aromatic heterocycles. The molecule has 1 saturated carbocycles. The Hall–Kier alpha value is -0.780. The number of rotatable bonds is 2. The van der Waals surface area contributed by atoms with E-state index in [4.69, 9.17) is 5.11 Å². The molecule has 3 nitrogen and oxygen atoms in total. The van der Waals surface area contributed by atoms with Crippen LogP contribution in [0.25, 0.3) is 0 Å². The van der Waals surface area contributed by atoms with E-state index in [1.54, 1.807) is 0 Å². The zero-order chi connectivity index (χ0) is 10.3. The fraction of sp³-hybridized carbons (Fsp3) is 0.857. The minimum Gasteiger partial charge on any atom is -0.481 e. The van der Waals surface area contributed by atoms with Gasteiger partial charge in [0.1, 0.15) is 0 Å². The number of aliphatic carboxylic acids is 1. The van der Waals surface area contributed by atoms with Gasteiger partial charge in [0.2, 0.25) is 0 Å². The third-order valence-electron chi connectivity index (χ3n) is 2.41. The molecule has 76 valence electrons. The lowest BCUT2D eigenvalue weighted by atomic mass is 9.70. The minimum atomic E-state index is -4.48. The smallest absolute Gasteiger partial charge is 0.417 e. The maximum absolute atomic E-state index is 12.3. The van der Waals surface area contributed by atoms with E-state index in [1.165, 1.54) is 0 Å². The molecule has 0 bridgehead atoms. The normalized spacial score (nSPS) is 34.0. The minimum absolute atomic E-state index is 0.484. The van der Waals surface area contributed by atoms with Gasteiger partial charge in [-0.1, -0.05) is 0 Å². The molecule has 1 N–H and O–H groups in total. The Kier molecular flexibility index (Phi) is 2.27. The Morgan fingerprint density at radius 1 is 1.54 bits per heavy atom. The molecule has 0 spiro atoms. The maximum Gasteiger partial charge on any atom is 0.417 e. The first-order valence-electron chi connectivity index (χ1n) is 3.67. The van der Waals surface area contributed by atoms with Crippen LogP contribution in [-0.4, -0.2) is 30.0 Å². The number of hydrogen-bond donors (Lipinski definition) is 1. The van der Waals surface area contributed by atoms with Crippen LogP contribution in [0.3, 0.4) is 0 Å². The number of alkyl halides is 3. The van der Waals surface area contributed by atoms with Crippen LogP contribution in [0.15, 0.2) is 0 Å². The number of carbonyl (C=O) groups is 1. The summed E-state index contributed by atoms with van der Waals surface area (Å²) in [6, 6.07) is 0. The molecule has 0 unspecified atom stereocenters. The first-order valence-corrected chi connectivity index (χ1v) is 3.67. The van der Waals surface area contributed by atoms with Crippen molar-refractivity contribution in [2.24, 2.45) is 5.92 Å². The van der Waals surface area contributed by atoms with Crippen LogP contribution in [0, 0.1) is 5.92 Å². The molecular formula is C7H9F3O3. The van der Waals surface area contributed by atoms with Crippen molar-refractivity contribution < 1.29 is 27.8 Å². The number of carboxylic acid groups (broad SMARTS) is 1. The molecule has 0 aliphatic heterocycles. The van der Waals surface area contributed by atoms with Crippen LogP contribution in [0.2, 0.25) is 0 Å². The summed E-state index contributed by atoms with van der Waals surface area (Å²) in [5.74, 6) is -2.13. The van der Waals surface area contributed by atoms with Gasteiger partial charge in [0, 0.05) is 7.11 Å². The highest BCUT2D eigenvalue weighted by molar-refractivity contribution is 5.71. The summed E-state index contributed by atoms with van der Waals surface area (Å²) < 4.78 is 41.2. The van der Waals surface area contributed by atoms with Gasteiger partial charge in [-0.05, 0) is 12.8 Å². The molecular weight excluding hydrogens is 189 g/mol. The summed E-state index contributed by atoms with van der Waals surface area (Å²) in [4.78, 5) is 10.3. The second kappa shape index (κ2) is 2.87. The van der Waals surface area contributed by atoms with E-state index < -0.39 is 36.5 Å². The molecule has 13 heavy (non-hydrogen) atoms. The van der Waals surface area contributed by atoms with Crippen molar-refractivity contribution in [2.45, 2.75) is 24.6 Å². The van der Waals surface area contributed by atoms with E-state index in [0.717, 1.165) is 7.11 Å². The van der Waals surface area contributed by atoms with E-state index >= 15 is 0 Å². The van der Waals surface area contributed by atoms with E-state index in [0.29, 0.717) is 0 Å². The lowest BCUT2D eigenvalue weighted by molar-refractivity contribution is -0.306. The number of halogens is 3. The van der Waals surface area contributed by atoms with Gasteiger partial charge in [-0.25, -0.2) is 0 Å². The Balaban J connectivity index is 2.66. The summed E-state index contributed by atoms with van der Waals surface area (Å²) in [5, 5.41) is 8.40. The van der Waals surface area contributed by atoms with E-state index in [2.05, 4.69) is 4.74 Å². The molecule has 0 aromatic carbocycles. The van der Waals surface area contributed by atoms with Gasteiger partial charge in [-0.2, -0.15) is 13.2 Å². The van der Waals surface area contributed by atoms with Crippen molar-refractivity contribution in [3.8, 4) is 0 Å². The highest BCUT2D eigenvalue weighted by Gasteiger charge is 2.64. The van der Waals surface area contributed by atoms with E-state index in [9.17, 15) is 18.0 Å². The molecule has 1 aliphatic rings. The molecule has 1 rings (SSSR count). The SMILES string of the molecule is COC1(C(F)(F)F)CC(C(=O)O)C1. The molecule has 0 saturated heterocycles. The largest absolute Gasteiger partial charge is 0.481 e. The van der Waals surface area contributed by atoms with Gasteiger partial charge < -0.3 is 9.84 Å². The van der Waals surface area contributed by atoms with Crippen molar-refractivity contribution in [1.82, 2.24) is 0 Å². The second-order valence-electron chi connectivity index (χ2n) is 3.14. The summed E-state index contributed by atoms with van der Waals surface area (Å²) in [6.45, 7) is 0. The molecule has 6 heteroatoms. The molecule has 0 radical (unpaired) electrons. The fourth-order valence-corrected chi connectivity index (χ4v) is 1.42. The molecule has 1 fully saturated rings. The molecule has 1 aliphatic carbocycles. The van der Waals surface area contributed by atoms with Crippen LogP contribution in [0.4, 0.5) is 13.2 Å². The molecule has 0 atom stereocenters. The standard InChI is InChI=1S/C7H9F3O3/c1-13-6(7(8,9)10)2-4(3-6)5(11)12/h4H,2-3H2,1H3,(H,11,12). The average molecular weight is 198 g/mol. The molecule has 0 amide bonds. The van der Waals surface area contributed by atoms with Crippen LogP contribution >= 0.6 is 0 Å². The topological polar surface area (TPSA) is 46.5 Å². The van der Waals surface area contributed by atoms with Gasteiger partial charge in [0.15, 0.2) is 5.60 Å². The van der Waals surface area contributed by atoms with Crippen LogP contribution in [0.5, 0.6) is 0 Å². The monoisotopic (exact) mass is 198 g/mol. The Morgan fingerprint density at radius 3 is 2.23 bits per heavy atom. The average Bonchev–Trinajstić information content (AvgIpc) is 1.81. The Bertz CT molecular complexity index is 218. The van der Waals surface area contributed by atoms with Crippen LogP contribution < -0.4 is 0 Å². The number of carboxylic acids is 1. The summed E-state index contributed by atoms with van der Waals surface area (Å²) in [7, 11) is 0.950. The number of ether oxygens (including phenoxy) is 1. The van der Waals surface area contributed by atoms with Gasteiger partial charge in [-0.3, -0.25) is 4.79 Å². The molecule has 0 heterocycles. The van der Waals surface area contributed by atoms with E-state index in [-0.39, 0.29) is 0 Å². The third-order valence-corrected chi connectivity index (χ3v) is 2.41. The highest BCUT2D eigenvalue weighted by Crippen LogP contribution is 2.50. The maximum atomic E-state index is 12.3. The lowest BCUT2D eigenvalue weighted by Gasteiger charge is -2.45. The number of hydrogen-bond acceptors (Lipinski definition) is 2. The van der Waals surface area contributed by atoms with Crippen molar-refractivity contribution in [3.05, 3.63) is 0 Å². The van der Waals surface area contributed by atoms with E-state index in [1.807, 2.05) is 0 Å². The quantitative estimate of drug-likeness (QED) is 0.730. The predicted molar refractivity (Wildman–Crippen MR) is 36.2 cm³/mol. The highest BCUT2D eigenvalue weighted by atomic mass is 19.4. The second-order valence-corrected chi connectivity index (χ2v) is 3.14. The summed E-state index contributed by atoms with van der Waals surface area (Å²) in [6.07, 6.45) is -5.45. The number of methoxy groups -OCH3 is 1. The van der Waals surface area contributed by atoms with Crippen molar-refractivity contribution >= 4 is 5.97 Å². The third kappa shape index (κ3) is 1.50. The van der Waals surface area contributed by atoms with Crippen molar-refractivity contribution in [2.75, 3.05) is 7.11 Å². The summed E-state index contributed by atoms with van der Waals surface area (Å²) in [5.41, 5.74) is -2.23.